The van der Waals surface area contributed by atoms with Gasteiger partial charge in [0.25, 0.3) is 0 Å². The first kappa shape index (κ1) is 14.5. The second kappa shape index (κ2) is 7.62. The molecule has 0 radical (unpaired) electrons. The van der Waals surface area contributed by atoms with E-state index >= 15 is 0 Å². The topological polar surface area (TPSA) is 49.3 Å². The lowest BCUT2D eigenvalue weighted by molar-refractivity contribution is -0.117. The summed E-state index contributed by atoms with van der Waals surface area (Å²) in [5.74, 6) is -0.152. The third kappa shape index (κ3) is 4.33. The highest BCUT2D eigenvalue weighted by molar-refractivity contribution is 7.10. The minimum absolute atomic E-state index is 0.0362. The number of carbonyl (C=O) groups excluding carboxylic acids is 1. The lowest BCUT2D eigenvalue weighted by Gasteiger charge is -2.17. The number of nitrogens with one attached hydrogen (secondary N) is 1. The van der Waals surface area contributed by atoms with Crippen LogP contribution in [0.4, 0.5) is 0 Å². The highest BCUT2D eigenvalue weighted by atomic mass is 32.1. The molecule has 0 fully saturated rings. The molecule has 0 aliphatic rings. The number of hydrogen-bond acceptors (Lipinski definition) is 3. The molecule has 2 rings (SSSR count). The van der Waals surface area contributed by atoms with Crippen molar-refractivity contribution in [3.05, 3.63) is 64.4 Å². The number of hydrogen-bond donors (Lipinski definition) is 2. The molecule has 1 aromatic heterocycles. The van der Waals surface area contributed by atoms with Gasteiger partial charge in [0.1, 0.15) is 0 Å². The molecule has 0 spiro atoms. The molecule has 2 N–H and O–H groups in total. The van der Waals surface area contributed by atoms with Crippen LogP contribution < -0.4 is 5.32 Å². The minimum atomic E-state index is -0.165. The number of amides is 1. The largest absolute Gasteiger partial charge is 0.396 e. The summed E-state index contributed by atoms with van der Waals surface area (Å²) >= 11 is 1.58. The first-order chi connectivity index (χ1) is 9.79. The van der Waals surface area contributed by atoms with Gasteiger partial charge in [0.2, 0.25) is 5.91 Å². The molecule has 0 bridgehead atoms. The van der Waals surface area contributed by atoms with Crippen LogP contribution >= 0.6 is 11.3 Å². The molecule has 1 amide bonds. The Bertz CT molecular complexity index is 549. The third-order valence-corrected chi connectivity index (χ3v) is 3.72. The first-order valence-corrected chi connectivity index (χ1v) is 7.35. The zero-order chi connectivity index (χ0) is 14.2. The normalized spacial score (nSPS) is 12.4. The average molecular weight is 287 g/mol. The number of aliphatic hydroxyl groups is 1. The summed E-state index contributed by atoms with van der Waals surface area (Å²) in [5, 5.41) is 14.0. The summed E-state index contributed by atoms with van der Waals surface area (Å²) < 4.78 is 0. The molecule has 4 heteroatoms. The van der Waals surface area contributed by atoms with E-state index in [9.17, 15) is 4.79 Å². The van der Waals surface area contributed by atoms with Gasteiger partial charge in [-0.15, -0.1) is 11.3 Å². The molecule has 0 saturated carbocycles. The molecule has 104 valence electrons. The molecule has 0 aliphatic heterocycles. The van der Waals surface area contributed by atoms with E-state index in [0.717, 1.165) is 10.4 Å². The van der Waals surface area contributed by atoms with Crippen LogP contribution in [0.5, 0.6) is 0 Å². The Labute approximate surface area is 122 Å². The summed E-state index contributed by atoms with van der Waals surface area (Å²) in [6, 6.07) is 13.4. The van der Waals surface area contributed by atoms with Gasteiger partial charge < -0.3 is 10.4 Å². The lowest BCUT2D eigenvalue weighted by Crippen LogP contribution is -2.27. The van der Waals surface area contributed by atoms with Gasteiger partial charge in [-0.05, 0) is 29.5 Å². The Morgan fingerprint density at radius 1 is 1.25 bits per heavy atom. The monoisotopic (exact) mass is 287 g/mol. The summed E-state index contributed by atoms with van der Waals surface area (Å²) in [7, 11) is 0. The molecule has 3 nitrogen and oxygen atoms in total. The van der Waals surface area contributed by atoms with Crippen LogP contribution in [0.25, 0.3) is 6.08 Å². The summed E-state index contributed by atoms with van der Waals surface area (Å²) in [4.78, 5) is 13.0. The van der Waals surface area contributed by atoms with Gasteiger partial charge in [-0.1, -0.05) is 36.4 Å². The van der Waals surface area contributed by atoms with E-state index in [4.69, 9.17) is 5.11 Å². The van der Waals surface area contributed by atoms with Crippen molar-refractivity contribution in [2.75, 3.05) is 6.61 Å². The summed E-state index contributed by atoms with van der Waals surface area (Å²) in [5.41, 5.74) is 0.999. The quantitative estimate of drug-likeness (QED) is 0.802. The average Bonchev–Trinajstić information content (AvgIpc) is 2.99. The SMILES string of the molecule is O=C(/C=C/c1cccs1)NC(CCO)c1ccccc1. The number of aliphatic hydroxyl groups excluding tert-OH is 1. The fourth-order valence-corrected chi connectivity index (χ4v) is 2.52. The van der Waals surface area contributed by atoms with Gasteiger partial charge in [-0.3, -0.25) is 4.79 Å². The molecule has 0 saturated heterocycles. The van der Waals surface area contributed by atoms with Crippen molar-refractivity contribution >= 4 is 23.3 Å². The first-order valence-electron chi connectivity index (χ1n) is 6.47. The molecule has 1 heterocycles. The van der Waals surface area contributed by atoms with Crippen LogP contribution in [0.1, 0.15) is 22.9 Å². The Hall–Kier alpha value is -1.91. The van der Waals surface area contributed by atoms with Crippen molar-refractivity contribution in [2.24, 2.45) is 0 Å². The van der Waals surface area contributed by atoms with Crippen LogP contribution in [0, 0.1) is 0 Å². The van der Waals surface area contributed by atoms with E-state index in [2.05, 4.69) is 5.32 Å². The van der Waals surface area contributed by atoms with Crippen molar-refractivity contribution in [3.8, 4) is 0 Å². The Kier molecular flexibility index (Phi) is 5.53. The second-order valence-corrected chi connectivity index (χ2v) is 5.31. The molecule has 1 aromatic carbocycles. The Morgan fingerprint density at radius 3 is 2.70 bits per heavy atom. The molecule has 0 aliphatic carbocycles. The number of benzene rings is 1. The molecular formula is C16H17NO2S. The van der Waals surface area contributed by atoms with Crippen LogP contribution in [-0.4, -0.2) is 17.6 Å². The predicted octanol–water partition coefficient (Wildman–Crippen LogP) is 3.00. The van der Waals surface area contributed by atoms with Crippen LogP contribution in [0.3, 0.4) is 0 Å². The zero-order valence-corrected chi connectivity index (χ0v) is 11.8. The van der Waals surface area contributed by atoms with Crippen molar-refractivity contribution in [1.29, 1.82) is 0 Å². The van der Waals surface area contributed by atoms with E-state index in [-0.39, 0.29) is 18.6 Å². The maximum absolute atomic E-state index is 11.9. The van der Waals surface area contributed by atoms with E-state index < -0.39 is 0 Å². The van der Waals surface area contributed by atoms with Crippen molar-refractivity contribution in [3.63, 3.8) is 0 Å². The van der Waals surface area contributed by atoms with Crippen LogP contribution in [-0.2, 0) is 4.79 Å². The van der Waals surface area contributed by atoms with Crippen molar-refractivity contribution in [2.45, 2.75) is 12.5 Å². The van der Waals surface area contributed by atoms with Crippen LogP contribution in [0.2, 0.25) is 0 Å². The zero-order valence-electron chi connectivity index (χ0n) is 11.0. The third-order valence-electron chi connectivity index (χ3n) is 2.88. The van der Waals surface area contributed by atoms with Gasteiger partial charge in [-0.25, -0.2) is 0 Å². The molecule has 1 unspecified atom stereocenters. The summed E-state index contributed by atoms with van der Waals surface area (Å²) in [6.07, 6.45) is 3.82. The fourth-order valence-electron chi connectivity index (χ4n) is 1.90. The lowest BCUT2D eigenvalue weighted by atomic mass is 10.0. The highest BCUT2D eigenvalue weighted by Gasteiger charge is 2.12. The predicted molar refractivity (Wildman–Crippen MR) is 82.4 cm³/mol. The second-order valence-electron chi connectivity index (χ2n) is 4.33. The van der Waals surface area contributed by atoms with E-state index in [0.29, 0.717) is 6.42 Å². The molecule has 20 heavy (non-hydrogen) atoms. The molecule has 2 aromatic rings. The maximum atomic E-state index is 11.9. The number of rotatable bonds is 6. The molecular weight excluding hydrogens is 270 g/mol. The standard InChI is InChI=1S/C16H17NO2S/c18-11-10-15(13-5-2-1-3-6-13)17-16(19)9-8-14-7-4-12-20-14/h1-9,12,15,18H,10-11H2,(H,17,19)/b9-8+. The van der Waals surface area contributed by atoms with Crippen molar-refractivity contribution in [1.82, 2.24) is 5.32 Å². The number of carbonyl (C=O) groups is 1. The Balaban J connectivity index is 1.99. The van der Waals surface area contributed by atoms with Gasteiger partial charge in [0.05, 0.1) is 6.04 Å². The van der Waals surface area contributed by atoms with Crippen molar-refractivity contribution < 1.29 is 9.90 Å². The fraction of sp³-hybridized carbons (Fsp3) is 0.188. The maximum Gasteiger partial charge on any atom is 0.244 e. The van der Waals surface area contributed by atoms with Crippen LogP contribution in [0.15, 0.2) is 53.9 Å². The number of thiophene rings is 1. The van der Waals surface area contributed by atoms with E-state index in [1.165, 1.54) is 6.08 Å². The van der Waals surface area contributed by atoms with E-state index in [1.807, 2.05) is 47.8 Å². The van der Waals surface area contributed by atoms with Gasteiger partial charge in [-0.2, -0.15) is 0 Å². The van der Waals surface area contributed by atoms with E-state index in [1.54, 1.807) is 17.4 Å². The Morgan fingerprint density at radius 2 is 2.05 bits per heavy atom. The van der Waals surface area contributed by atoms with Gasteiger partial charge in [0.15, 0.2) is 0 Å². The summed E-state index contributed by atoms with van der Waals surface area (Å²) in [6.45, 7) is 0.0362. The van der Waals surface area contributed by atoms with Gasteiger partial charge >= 0.3 is 0 Å². The van der Waals surface area contributed by atoms with Gasteiger partial charge in [0, 0.05) is 17.6 Å². The smallest absolute Gasteiger partial charge is 0.244 e. The minimum Gasteiger partial charge on any atom is -0.396 e. The molecule has 1 atom stereocenters. The highest BCUT2D eigenvalue weighted by Crippen LogP contribution is 2.16.